The molecule has 0 amide bonds. The molecule has 21 heavy (non-hydrogen) atoms. The number of aromatic nitrogens is 3. The third kappa shape index (κ3) is 2.44. The normalized spacial score (nSPS) is 10.3. The molecule has 3 rings (SSSR count). The van der Waals surface area contributed by atoms with E-state index in [1.165, 1.54) is 23.1 Å². The number of nitrogen functional groups attached to an aromatic ring is 1. The second-order valence-electron chi connectivity index (χ2n) is 4.41. The Balaban J connectivity index is 2.05. The topological polar surface area (TPSA) is 80.5 Å². The minimum Gasteiger partial charge on any atom is -0.399 e. The molecule has 0 spiro atoms. The number of hydrogen-bond acceptors (Lipinski definition) is 4. The number of nitrogens with zero attached hydrogens (tertiary/aromatic N) is 4. The van der Waals surface area contributed by atoms with Crippen LogP contribution in [0.3, 0.4) is 0 Å². The van der Waals surface area contributed by atoms with Crippen molar-refractivity contribution in [3.63, 3.8) is 0 Å². The van der Waals surface area contributed by atoms with E-state index in [9.17, 15) is 4.39 Å². The van der Waals surface area contributed by atoms with Crippen LogP contribution in [0.2, 0.25) is 0 Å². The van der Waals surface area contributed by atoms with Crippen molar-refractivity contribution in [1.29, 1.82) is 5.26 Å². The zero-order valence-corrected chi connectivity index (χ0v) is 10.9. The lowest BCUT2D eigenvalue weighted by atomic mass is 10.2. The summed E-state index contributed by atoms with van der Waals surface area (Å²) in [5.74, 6) is 0.0157. The quantitative estimate of drug-likeness (QED) is 0.731. The summed E-state index contributed by atoms with van der Waals surface area (Å²) >= 11 is 0. The summed E-state index contributed by atoms with van der Waals surface area (Å²) in [6.07, 6.45) is 1.48. The van der Waals surface area contributed by atoms with E-state index in [0.717, 1.165) is 11.6 Å². The molecule has 5 nitrogen and oxygen atoms in total. The molecule has 1 heterocycles. The summed E-state index contributed by atoms with van der Waals surface area (Å²) in [5.41, 5.74) is 7.78. The lowest BCUT2D eigenvalue weighted by Crippen LogP contribution is -1.99. The first-order valence-corrected chi connectivity index (χ1v) is 6.15. The molecule has 0 aliphatic heterocycles. The second kappa shape index (κ2) is 5.06. The lowest BCUT2D eigenvalue weighted by molar-refractivity contribution is 0.626. The highest BCUT2D eigenvalue weighted by molar-refractivity contribution is 5.61. The van der Waals surface area contributed by atoms with Crippen LogP contribution >= 0.6 is 0 Å². The summed E-state index contributed by atoms with van der Waals surface area (Å²) in [5, 5.41) is 13.4. The van der Waals surface area contributed by atoms with Gasteiger partial charge in [0.25, 0.3) is 0 Å². The van der Waals surface area contributed by atoms with Crippen LogP contribution in [0.1, 0.15) is 5.56 Å². The van der Waals surface area contributed by atoms with Gasteiger partial charge in [-0.3, -0.25) is 0 Å². The first kappa shape index (κ1) is 12.8. The van der Waals surface area contributed by atoms with Gasteiger partial charge in [-0.2, -0.15) is 5.26 Å². The molecule has 1 aromatic heterocycles. The Labute approximate surface area is 120 Å². The van der Waals surface area contributed by atoms with Crippen molar-refractivity contribution in [3.05, 3.63) is 60.2 Å². The molecule has 0 aliphatic carbocycles. The van der Waals surface area contributed by atoms with Crippen molar-refractivity contribution in [3.8, 4) is 23.1 Å². The van der Waals surface area contributed by atoms with Crippen LogP contribution in [-0.2, 0) is 0 Å². The number of benzene rings is 2. The second-order valence-corrected chi connectivity index (χ2v) is 4.41. The average molecular weight is 279 g/mol. The zero-order valence-electron chi connectivity index (χ0n) is 10.9. The van der Waals surface area contributed by atoms with Gasteiger partial charge in [-0.25, -0.2) is 14.1 Å². The molecule has 0 saturated carbocycles. The van der Waals surface area contributed by atoms with Crippen LogP contribution in [0.15, 0.2) is 48.8 Å². The van der Waals surface area contributed by atoms with E-state index in [4.69, 9.17) is 11.0 Å². The number of rotatable bonds is 2. The minimum absolute atomic E-state index is 0.194. The largest absolute Gasteiger partial charge is 0.399 e. The molecule has 102 valence electrons. The van der Waals surface area contributed by atoms with Gasteiger partial charge < -0.3 is 5.73 Å². The van der Waals surface area contributed by atoms with Crippen molar-refractivity contribution in [2.45, 2.75) is 0 Å². The van der Waals surface area contributed by atoms with E-state index in [1.807, 2.05) is 18.2 Å². The number of halogens is 1. The van der Waals surface area contributed by atoms with E-state index in [-0.39, 0.29) is 5.56 Å². The molecule has 2 N–H and O–H groups in total. The molecule has 0 bridgehead atoms. The Morgan fingerprint density at radius 2 is 2.05 bits per heavy atom. The molecule has 0 unspecified atom stereocenters. The Bertz CT molecular complexity index is 847. The molecule has 0 saturated heterocycles. The van der Waals surface area contributed by atoms with Crippen molar-refractivity contribution in [2.75, 3.05) is 5.73 Å². The standard InChI is InChI=1S/C15H10FN5/c16-12-4-5-14(11(6-12)8-17)21-9-19-15(20-21)10-2-1-3-13(18)7-10/h1-7,9H,18H2. The van der Waals surface area contributed by atoms with E-state index in [1.54, 1.807) is 12.1 Å². The maximum atomic E-state index is 13.2. The molecule has 2 aromatic carbocycles. The monoisotopic (exact) mass is 279 g/mol. The van der Waals surface area contributed by atoms with Gasteiger partial charge in [0, 0.05) is 11.3 Å². The highest BCUT2D eigenvalue weighted by atomic mass is 19.1. The fourth-order valence-electron chi connectivity index (χ4n) is 1.99. The van der Waals surface area contributed by atoms with Crippen molar-refractivity contribution < 1.29 is 4.39 Å². The van der Waals surface area contributed by atoms with Gasteiger partial charge in [0.1, 0.15) is 18.2 Å². The van der Waals surface area contributed by atoms with Gasteiger partial charge in [-0.05, 0) is 30.3 Å². The SMILES string of the molecule is N#Cc1cc(F)ccc1-n1cnc(-c2cccc(N)c2)n1. The predicted octanol–water partition coefficient (Wildman–Crippen LogP) is 2.53. The summed E-state index contributed by atoms with van der Waals surface area (Å²) < 4.78 is 14.6. The molecule has 0 aliphatic rings. The number of nitriles is 1. The van der Waals surface area contributed by atoms with E-state index in [2.05, 4.69) is 10.1 Å². The van der Waals surface area contributed by atoms with Gasteiger partial charge >= 0.3 is 0 Å². The lowest BCUT2D eigenvalue weighted by Gasteiger charge is -2.02. The third-order valence-corrected chi connectivity index (χ3v) is 2.96. The van der Waals surface area contributed by atoms with E-state index in [0.29, 0.717) is 17.2 Å². The van der Waals surface area contributed by atoms with Crippen molar-refractivity contribution in [2.24, 2.45) is 0 Å². The Morgan fingerprint density at radius 1 is 1.19 bits per heavy atom. The number of anilines is 1. The van der Waals surface area contributed by atoms with Crippen LogP contribution in [-0.4, -0.2) is 14.8 Å². The first-order valence-electron chi connectivity index (χ1n) is 6.15. The molecule has 3 aromatic rings. The fraction of sp³-hybridized carbons (Fsp3) is 0. The van der Waals surface area contributed by atoms with Crippen LogP contribution in [0, 0.1) is 17.1 Å². The van der Waals surface area contributed by atoms with Gasteiger partial charge in [0.05, 0.1) is 11.3 Å². The Hall–Kier alpha value is -3.20. The first-order chi connectivity index (χ1) is 10.2. The van der Waals surface area contributed by atoms with Gasteiger partial charge in [-0.1, -0.05) is 12.1 Å². The third-order valence-electron chi connectivity index (χ3n) is 2.96. The number of hydrogen-bond donors (Lipinski definition) is 1. The fourth-order valence-corrected chi connectivity index (χ4v) is 1.99. The van der Waals surface area contributed by atoms with Crippen LogP contribution < -0.4 is 5.73 Å². The highest BCUT2D eigenvalue weighted by Crippen LogP contribution is 2.20. The summed E-state index contributed by atoms with van der Waals surface area (Å²) in [7, 11) is 0. The van der Waals surface area contributed by atoms with Gasteiger partial charge in [0.15, 0.2) is 5.82 Å². The van der Waals surface area contributed by atoms with Crippen LogP contribution in [0.4, 0.5) is 10.1 Å². The maximum Gasteiger partial charge on any atom is 0.181 e. The molecule has 0 atom stereocenters. The molecule has 0 radical (unpaired) electrons. The van der Waals surface area contributed by atoms with Crippen LogP contribution in [0.5, 0.6) is 0 Å². The number of nitrogens with two attached hydrogens (primary N) is 1. The zero-order chi connectivity index (χ0) is 14.8. The molecular weight excluding hydrogens is 269 g/mol. The Morgan fingerprint density at radius 3 is 2.81 bits per heavy atom. The van der Waals surface area contributed by atoms with Gasteiger partial charge in [0.2, 0.25) is 0 Å². The highest BCUT2D eigenvalue weighted by Gasteiger charge is 2.10. The maximum absolute atomic E-state index is 13.2. The molecule has 6 heteroatoms. The van der Waals surface area contributed by atoms with Crippen LogP contribution in [0.25, 0.3) is 17.1 Å². The minimum atomic E-state index is -0.466. The summed E-state index contributed by atoms with van der Waals surface area (Å²) in [4.78, 5) is 4.19. The van der Waals surface area contributed by atoms with E-state index >= 15 is 0 Å². The summed E-state index contributed by atoms with van der Waals surface area (Å²) in [6, 6.07) is 13.1. The molecule has 0 fully saturated rings. The van der Waals surface area contributed by atoms with Gasteiger partial charge in [-0.15, -0.1) is 5.10 Å². The Kier molecular flexibility index (Phi) is 3.09. The van der Waals surface area contributed by atoms with Crippen molar-refractivity contribution >= 4 is 5.69 Å². The predicted molar refractivity (Wildman–Crippen MR) is 75.9 cm³/mol. The summed E-state index contributed by atoms with van der Waals surface area (Å²) in [6.45, 7) is 0. The molecular formula is C15H10FN5. The smallest absolute Gasteiger partial charge is 0.181 e. The van der Waals surface area contributed by atoms with E-state index < -0.39 is 5.82 Å². The average Bonchev–Trinajstić information content (AvgIpc) is 2.96. The van der Waals surface area contributed by atoms with Crippen molar-refractivity contribution in [1.82, 2.24) is 14.8 Å².